The molecule has 1 aromatic heterocycles. The Morgan fingerprint density at radius 3 is 2.28 bits per heavy atom. The van der Waals surface area contributed by atoms with E-state index in [4.69, 9.17) is 11.6 Å². The molecule has 2 saturated heterocycles. The number of rotatable bonds is 3. The van der Waals surface area contributed by atoms with Crippen LogP contribution >= 0.6 is 11.6 Å². The van der Waals surface area contributed by atoms with Gasteiger partial charge in [-0.1, -0.05) is 11.6 Å². The SMILES string of the molecule is CN(C)c1ccc(C(=O)N2C3CCC2CC(n2cc(Cl)cn2)C3)cc1. The van der Waals surface area contributed by atoms with Crippen molar-refractivity contribution in [3.8, 4) is 0 Å². The smallest absolute Gasteiger partial charge is 0.254 e. The van der Waals surface area contributed by atoms with E-state index < -0.39 is 0 Å². The van der Waals surface area contributed by atoms with Gasteiger partial charge in [0, 0.05) is 43.6 Å². The van der Waals surface area contributed by atoms with E-state index >= 15 is 0 Å². The Hall–Kier alpha value is -2.01. The Labute approximate surface area is 153 Å². The average Bonchev–Trinajstić information content (AvgIpc) is 3.15. The Morgan fingerprint density at radius 1 is 1.12 bits per heavy atom. The number of piperidine rings is 1. The third kappa shape index (κ3) is 3.01. The maximum absolute atomic E-state index is 13.1. The van der Waals surface area contributed by atoms with Crippen molar-refractivity contribution in [2.24, 2.45) is 0 Å². The van der Waals surface area contributed by atoms with Crippen molar-refractivity contribution in [3.05, 3.63) is 47.2 Å². The summed E-state index contributed by atoms with van der Waals surface area (Å²) in [5, 5.41) is 5.04. The zero-order valence-corrected chi connectivity index (χ0v) is 15.4. The van der Waals surface area contributed by atoms with E-state index in [0.29, 0.717) is 23.1 Å². The molecular formula is C19H23ClN4O. The summed E-state index contributed by atoms with van der Waals surface area (Å²) >= 11 is 6.01. The number of anilines is 1. The summed E-state index contributed by atoms with van der Waals surface area (Å²) in [6.45, 7) is 0. The molecule has 0 saturated carbocycles. The lowest BCUT2D eigenvalue weighted by Gasteiger charge is -2.39. The number of benzene rings is 1. The predicted molar refractivity (Wildman–Crippen MR) is 99.3 cm³/mol. The summed E-state index contributed by atoms with van der Waals surface area (Å²) in [6, 6.07) is 8.83. The zero-order valence-electron chi connectivity index (χ0n) is 14.6. The molecule has 4 rings (SSSR count). The Kier molecular flexibility index (Phi) is 4.20. The van der Waals surface area contributed by atoms with E-state index in [1.807, 2.05) is 54.1 Å². The largest absolute Gasteiger partial charge is 0.378 e. The van der Waals surface area contributed by atoms with Crippen LogP contribution in [0, 0.1) is 0 Å². The van der Waals surface area contributed by atoms with Gasteiger partial charge in [-0.05, 0) is 49.9 Å². The summed E-state index contributed by atoms with van der Waals surface area (Å²) in [4.78, 5) is 17.2. The van der Waals surface area contributed by atoms with E-state index in [1.165, 1.54) is 0 Å². The number of halogens is 1. The van der Waals surface area contributed by atoms with Gasteiger partial charge in [-0.2, -0.15) is 5.10 Å². The maximum atomic E-state index is 13.1. The fraction of sp³-hybridized carbons (Fsp3) is 0.474. The number of amides is 1. The quantitative estimate of drug-likeness (QED) is 0.841. The molecule has 25 heavy (non-hydrogen) atoms. The van der Waals surface area contributed by atoms with Crippen molar-refractivity contribution < 1.29 is 4.79 Å². The topological polar surface area (TPSA) is 41.4 Å². The highest BCUT2D eigenvalue weighted by Crippen LogP contribution is 2.41. The first-order valence-electron chi connectivity index (χ1n) is 8.82. The normalized spacial score (nSPS) is 25.2. The first kappa shape index (κ1) is 16.5. The van der Waals surface area contributed by atoms with Crippen LogP contribution in [0.3, 0.4) is 0 Å². The van der Waals surface area contributed by atoms with Gasteiger partial charge in [0.1, 0.15) is 0 Å². The van der Waals surface area contributed by atoms with Gasteiger partial charge < -0.3 is 9.80 Å². The highest BCUT2D eigenvalue weighted by atomic mass is 35.5. The number of hydrogen-bond acceptors (Lipinski definition) is 3. The predicted octanol–water partition coefficient (Wildman–Crippen LogP) is 3.61. The van der Waals surface area contributed by atoms with Gasteiger partial charge in [-0.3, -0.25) is 9.48 Å². The lowest BCUT2D eigenvalue weighted by Crippen LogP contribution is -2.47. The minimum absolute atomic E-state index is 0.162. The van der Waals surface area contributed by atoms with Crippen molar-refractivity contribution in [1.82, 2.24) is 14.7 Å². The van der Waals surface area contributed by atoms with Crippen LogP contribution in [0.2, 0.25) is 5.02 Å². The van der Waals surface area contributed by atoms with E-state index in [0.717, 1.165) is 36.9 Å². The lowest BCUT2D eigenvalue weighted by molar-refractivity contribution is 0.0524. The highest BCUT2D eigenvalue weighted by molar-refractivity contribution is 6.30. The number of carbonyl (C=O) groups excluding carboxylic acids is 1. The van der Waals surface area contributed by atoms with E-state index in [-0.39, 0.29) is 5.91 Å². The van der Waals surface area contributed by atoms with Gasteiger partial charge in [-0.15, -0.1) is 0 Å². The van der Waals surface area contributed by atoms with E-state index in [1.54, 1.807) is 6.20 Å². The third-order valence-corrected chi connectivity index (χ3v) is 5.71. The third-order valence-electron chi connectivity index (χ3n) is 5.52. The van der Waals surface area contributed by atoms with Crippen molar-refractivity contribution in [1.29, 1.82) is 0 Å². The van der Waals surface area contributed by atoms with Crippen LogP contribution in [0.5, 0.6) is 0 Å². The Bertz CT molecular complexity index is 756. The monoisotopic (exact) mass is 358 g/mol. The molecule has 2 unspecified atom stereocenters. The lowest BCUT2D eigenvalue weighted by atomic mass is 9.96. The number of carbonyl (C=O) groups is 1. The van der Waals surface area contributed by atoms with Gasteiger partial charge >= 0.3 is 0 Å². The molecule has 2 bridgehead atoms. The van der Waals surface area contributed by atoms with Gasteiger partial charge in [0.15, 0.2) is 0 Å². The van der Waals surface area contributed by atoms with Crippen LogP contribution in [0.15, 0.2) is 36.7 Å². The molecule has 0 aliphatic carbocycles. The summed E-state index contributed by atoms with van der Waals surface area (Å²) < 4.78 is 1.97. The van der Waals surface area contributed by atoms with Crippen LogP contribution in [-0.2, 0) is 0 Å². The Balaban J connectivity index is 1.51. The van der Waals surface area contributed by atoms with Crippen molar-refractivity contribution in [2.75, 3.05) is 19.0 Å². The second-order valence-corrected chi connectivity index (χ2v) is 7.74. The number of aromatic nitrogens is 2. The minimum atomic E-state index is 0.162. The van der Waals surface area contributed by atoms with Gasteiger partial charge in [-0.25, -0.2) is 0 Å². The maximum Gasteiger partial charge on any atom is 0.254 e. The number of fused-ring (bicyclic) bond motifs is 2. The van der Waals surface area contributed by atoms with Crippen LogP contribution in [0.4, 0.5) is 5.69 Å². The molecule has 2 aliphatic rings. The summed E-state index contributed by atoms with van der Waals surface area (Å²) in [6.07, 6.45) is 7.65. The molecule has 3 heterocycles. The summed E-state index contributed by atoms with van der Waals surface area (Å²) in [5.41, 5.74) is 1.89. The van der Waals surface area contributed by atoms with Crippen LogP contribution in [-0.4, -0.2) is 46.8 Å². The van der Waals surface area contributed by atoms with Crippen LogP contribution in [0.25, 0.3) is 0 Å². The molecule has 0 radical (unpaired) electrons. The van der Waals surface area contributed by atoms with Crippen molar-refractivity contribution >= 4 is 23.2 Å². The van der Waals surface area contributed by atoms with Crippen LogP contribution < -0.4 is 4.90 Å². The zero-order chi connectivity index (χ0) is 17.6. The molecule has 132 valence electrons. The molecule has 0 spiro atoms. The first-order chi connectivity index (χ1) is 12.0. The van der Waals surface area contributed by atoms with Crippen molar-refractivity contribution in [2.45, 2.75) is 43.8 Å². The average molecular weight is 359 g/mol. The summed E-state index contributed by atoms with van der Waals surface area (Å²) in [7, 11) is 4.01. The van der Waals surface area contributed by atoms with Gasteiger partial charge in [0.05, 0.1) is 17.3 Å². The van der Waals surface area contributed by atoms with Gasteiger partial charge in [0.25, 0.3) is 5.91 Å². The molecule has 2 aromatic rings. The highest BCUT2D eigenvalue weighted by Gasteiger charge is 2.44. The standard InChI is InChI=1S/C19H23ClN4O/c1-22(2)15-5-3-13(4-6-15)19(25)24-16-7-8-17(24)10-18(9-16)23-12-14(20)11-21-23/h3-6,11-12,16-18H,7-10H2,1-2H3. The molecule has 2 atom stereocenters. The van der Waals surface area contributed by atoms with E-state index in [2.05, 4.69) is 10.00 Å². The molecule has 6 heteroatoms. The van der Waals surface area contributed by atoms with Crippen LogP contribution in [0.1, 0.15) is 42.1 Å². The number of nitrogens with zero attached hydrogens (tertiary/aromatic N) is 4. The van der Waals surface area contributed by atoms with Crippen molar-refractivity contribution in [3.63, 3.8) is 0 Å². The summed E-state index contributed by atoms with van der Waals surface area (Å²) in [5.74, 6) is 0.162. The molecule has 2 fully saturated rings. The second-order valence-electron chi connectivity index (χ2n) is 7.30. The molecule has 2 aliphatic heterocycles. The van der Waals surface area contributed by atoms with Gasteiger partial charge in [0.2, 0.25) is 0 Å². The fourth-order valence-corrected chi connectivity index (χ4v) is 4.41. The molecule has 0 N–H and O–H groups in total. The first-order valence-corrected chi connectivity index (χ1v) is 9.20. The molecular weight excluding hydrogens is 336 g/mol. The van der Waals surface area contributed by atoms with E-state index in [9.17, 15) is 4.79 Å². The minimum Gasteiger partial charge on any atom is -0.378 e. The number of hydrogen-bond donors (Lipinski definition) is 0. The molecule has 1 amide bonds. The molecule has 1 aromatic carbocycles. The fourth-order valence-electron chi connectivity index (χ4n) is 4.26. The molecule has 5 nitrogen and oxygen atoms in total. The Morgan fingerprint density at radius 2 is 1.76 bits per heavy atom. The second kappa shape index (κ2) is 6.37.